The Balaban J connectivity index is 1.90. The lowest BCUT2D eigenvalue weighted by Gasteiger charge is -2.36. The molecule has 1 unspecified atom stereocenters. The fourth-order valence-corrected chi connectivity index (χ4v) is 11.4. The smallest absolute Gasteiger partial charge is 0.0446 e. The number of para-hydroxylation sites is 1. The van der Waals surface area contributed by atoms with Crippen LogP contribution in [0.15, 0.2) is 90.5 Å². The maximum absolute atomic E-state index is 4.44. The topological polar surface area (TPSA) is 12.0 Å². The van der Waals surface area contributed by atoms with Gasteiger partial charge < -0.3 is 5.09 Å². The Morgan fingerprint density at radius 2 is 1.21 bits per heavy atom. The van der Waals surface area contributed by atoms with E-state index in [-0.39, 0.29) is 5.41 Å². The first-order valence-electron chi connectivity index (χ1n) is 14.5. The molecule has 38 heavy (non-hydrogen) atoms. The lowest BCUT2D eigenvalue weighted by molar-refractivity contribution is 0.261. The average Bonchev–Trinajstić information content (AvgIpc) is 3.42. The molecular weight excluding hydrogens is 477 g/mol. The third-order valence-corrected chi connectivity index (χ3v) is 13.0. The summed E-state index contributed by atoms with van der Waals surface area (Å²) in [4.78, 5) is 0. The lowest BCUT2D eigenvalue weighted by atomic mass is 9.80. The standard InChI is InChI=1S/C36H46NP/c1-25(2)30-20-15-21-31(26(3)4)34(30)37-38(27-16-11-9-12-17-27,28-18-13-10-14-19-28)29-22-32-33(23-29)36(7,8)24-35(32,5)6/h9-22,25-26,33,37H,23-24H2,1-8H3. The van der Waals surface area contributed by atoms with Crippen molar-refractivity contribution in [3.05, 3.63) is 102 Å². The van der Waals surface area contributed by atoms with Crippen molar-refractivity contribution >= 4 is 28.6 Å². The zero-order valence-electron chi connectivity index (χ0n) is 24.7. The summed E-state index contributed by atoms with van der Waals surface area (Å²) in [5.41, 5.74) is 6.38. The van der Waals surface area contributed by atoms with Crippen LogP contribution in [-0.2, 0) is 0 Å². The van der Waals surface area contributed by atoms with Crippen molar-refractivity contribution in [1.29, 1.82) is 0 Å². The van der Waals surface area contributed by atoms with E-state index in [0.29, 0.717) is 23.2 Å². The summed E-state index contributed by atoms with van der Waals surface area (Å²) in [5.74, 6) is 1.48. The molecule has 2 aliphatic carbocycles. The van der Waals surface area contributed by atoms with E-state index in [1.165, 1.54) is 33.8 Å². The number of benzene rings is 3. The number of nitrogens with one attached hydrogen (secondary N) is 1. The Morgan fingerprint density at radius 3 is 1.66 bits per heavy atom. The summed E-state index contributed by atoms with van der Waals surface area (Å²) >= 11 is 0. The highest BCUT2D eigenvalue weighted by Crippen LogP contribution is 2.63. The minimum Gasteiger partial charge on any atom is -0.358 e. The SMILES string of the molecule is CC(C)c1cccc(C(C)C)c1NP(=C1C=C2C(C1)C(C)(C)CC2(C)C)(c1ccccc1)c1ccccc1. The molecule has 0 aromatic heterocycles. The molecule has 0 spiro atoms. The van der Waals surface area contributed by atoms with Crippen LogP contribution in [0.5, 0.6) is 0 Å². The molecule has 1 N–H and O–H groups in total. The van der Waals surface area contributed by atoms with E-state index in [9.17, 15) is 0 Å². The van der Waals surface area contributed by atoms with E-state index in [1.807, 2.05) is 0 Å². The fourth-order valence-electron chi connectivity index (χ4n) is 7.45. The molecule has 2 heteroatoms. The van der Waals surface area contributed by atoms with Crippen LogP contribution in [0.3, 0.4) is 0 Å². The largest absolute Gasteiger partial charge is 0.358 e. The molecule has 0 aliphatic heterocycles. The Morgan fingerprint density at radius 1 is 0.711 bits per heavy atom. The first-order valence-corrected chi connectivity index (χ1v) is 16.3. The quantitative estimate of drug-likeness (QED) is 0.317. The van der Waals surface area contributed by atoms with Gasteiger partial charge in [0.05, 0.1) is 0 Å². The summed E-state index contributed by atoms with van der Waals surface area (Å²) in [6.45, 7) is 19.2. The molecule has 2 aliphatic rings. The maximum Gasteiger partial charge on any atom is 0.0446 e. The Bertz CT molecular complexity index is 1320. The summed E-state index contributed by atoms with van der Waals surface area (Å²) in [7, 11) is -2.18. The molecule has 1 saturated carbocycles. The van der Waals surface area contributed by atoms with E-state index in [2.05, 4.69) is 145 Å². The third kappa shape index (κ3) is 4.52. The van der Waals surface area contributed by atoms with Gasteiger partial charge in [0.1, 0.15) is 0 Å². The first kappa shape index (κ1) is 27.1. The minimum absolute atomic E-state index is 0.234. The molecule has 0 bridgehead atoms. The van der Waals surface area contributed by atoms with Crippen LogP contribution in [0.2, 0.25) is 0 Å². The molecule has 0 radical (unpaired) electrons. The van der Waals surface area contributed by atoms with Gasteiger partial charge in [-0.3, -0.25) is 0 Å². The molecule has 5 rings (SSSR count). The molecule has 1 fully saturated rings. The van der Waals surface area contributed by atoms with Crippen LogP contribution in [-0.4, -0.2) is 5.29 Å². The third-order valence-electron chi connectivity index (χ3n) is 9.10. The van der Waals surface area contributed by atoms with Crippen LogP contribution >= 0.6 is 7.04 Å². The van der Waals surface area contributed by atoms with Gasteiger partial charge in [0.2, 0.25) is 0 Å². The minimum atomic E-state index is -2.18. The van der Waals surface area contributed by atoms with Crippen molar-refractivity contribution in [3.63, 3.8) is 0 Å². The summed E-state index contributed by atoms with van der Waals surface area (Å²) in [5, 5.41) is 8.88. The van der Waals surface area contributed by atoms with Gasteiger partial charge in [-0.2, -0.15) is 0 Å². The van der Waals surface area contributed by atoms with Gasteiger partial charge in [0.15, 0.2) is 0 Å². The number of hydrogen-bond acceptors (Lipinski definition) is 1. The van der Waals surface area contributed by atoms with Crippen molar-refractivity contribution in [2.75, 3.05) is 5.09 Å². The molecular formula is C36H46NP. The van der Waals surface area contributed by atoms with Gasteiger partial charge in [-0.15, -0.1) is 0 Å². The number of hydrogen-bond donors (Lipinski definition) is 1. The Labute approximate surface area is 231 Å². The second kappa shape index (κ2) is 9.91. The Hall–Kier alpha value is -2.50. The Kier molecular flexibility index (Phi) is 7.06. The van der Waals surface area contributed by atoms with E-state index in [0.717, 1.165) is 6.42 Å². The van der Waals surface area contributed by atoms with Gasteiger partial charge in [-0.05, 0) is 68.5 Å². The molecule has 0 heterocycles. The summed E-state index contributed by atoms with van der Waals surface area (Å²) < 4.78 is 0. The molecule has 0 amide bonds. The molecule has 3 aromatic carbocycles. The van der Waals surface area contributed by atoms with Crippen molar-refractivity contribution < 1.29 is 0 Å². The highest BCUT2D eigenvalue weighted by Gasteiger charge is 2.51. The van der Waals surface area contributed by atoms with E-state index in [1.54, 1.807) is 10.9 Å². The second-order valence-corrected chi connectivity index (χ2v) is 16.6. The van der Waals surface area contributed by atoms with Crippen molar-refractivity contribution in [3.8, 4) is 0 Å². The van der Waals surface area contributed by atoms with Crippen LogP contribution < -0.4 is 15.7 Å². The highest BCUT2D eigenvalue weighted by atomic mass is 31.2. The predicted octanol–water partition coefficient (Wildman–Crippen LogP) is 9.50. The highest BCUT2D eigenvalue weighted by molar-refractivity contribution is 7.90. The monoisotopic (exact) mass is 523 g/mol. The van der Waals surface area contributed by atoms with Gasteiger partial charge in [0, 0.05) is 12.7 Å². The van der Waals surface area contributed by atoms with Crippen LogP contribution in [0.4, 0.5) is 5.69 Å². The van der Waals surface area contributed by atoms with Gasteiger partial charge in [-0.25, -0.2) is 0 Å². The number of rotatable bonds is 6. The number of anilines is 1. The predicted molar refractivity (Wildman–Crippen MR) is 171 cm³/mol. The molecule has 1 atom stereocenters. The van der Waals surface area contributed by atoms with Crippen LogP contribution in [0, 0.1) is 16.7 Å². The number of allylic oxidation sites excluding steroid dienone is 2. The van der Waals surface area contributed by atoms with Gasteiger partial charge >= 0.3 is 0 Å². The maximum atomic E-state index is 4.44. The molecule has 1 nitrogen and oxygen atoms in total. The zero-order chi connectivity index (χ0) is 27.3. The van der Waals surface area contributed by atoms with E-state index in [4.69, 9.17) is 0 Å². The van der Waals surface area contributed by atoms with Crippen molar-refractivity contribution in [2.45, 2.75) is 80.1 Å². The summed E-state index contributed by atoms with van der Waals surface area (Å²) in [6, 6.07) is 29.6. The molecule has 0 saturated heterocycles. The van der Waals surface area contributed by atoms with E-state index >= 15 is 0 Å². The first-order chi connectivity index (χ1) is 18.0. The van der Waals surface area contributed by atoms with Gasteiger partial charge in [0.25, 0.3) is 0 Å². The van der Waals surface area contributed by atoms with Gasteiger partial charge in [-0.1, -0.05) is 146 Å². The lowest BCUT2D eigenvalue weighted by Crippen LogP contribution is -2.29. The average molecular weight is 524 g/mol. The molecule has 200 valence electrons. The normalized spacial score (nSPS) is 20.1. The second-order valence-electron chi connectivity index (χ2n) is 13.5. The van der Waals surface area contributed by atoms with Crippen molar-refractivity contribution in [1.82, 2.24) is 0 Å². The number of fused-ring (bicyclic) bond motifs is 1. The fraction of sp³-hybridized carbons (Fsp3) is 0.417. The van der Waals surface area contributed by atoms with E-state index < -0.39 is 7.04 Å². The van der Waals surface area contributed by atoms with Crippen LogP contribution in [0.25, 0.3) is 0 Å². The van der Waals surface area contributed by atoms with Crippen molar-refractivity contribution in [2.24, 2.45) is 16.7 Å². The summed E-state index contributed by atoms with van der Waals surface area (Å²) in [6.07, 6.45) is 5.05. The zero-order valence-corrected chi connectivity index (χ0v) is 25.6. The molecule has 3 aromatic rings. The van der Waals surface area contributed by atoms with Crippen LogP contribution in [0.1, 0.15) is 91.2 Å².